The van der Waals surface area contributed by atoms with Crippen LogP contribution in [-0.4, -0.2) is 66.4 Å². The van der Waals surface area contributed by atoms with Crippen molar-refractivity contribution in [2.45, 2.75) is 63.9 Å². The largest absolute Gasteiger partial charge is 0.481 e. The van der Waals surface area contributed by atoms with Gasteiger partial charge in [0.05, 0.1) is 27.6 Å². The fourth-order valence-corrected chi connectivity index (χ4v) is 2.71. The summed E-state index contributed by atoms with van der Waals surface area (Å²) in [5, 5.41) is 17.5. The van der Waals surface area contributed by atoms with E-state index in [-0.39, 0.29) is 12.8 Å². The molecule has 0 heterocycles. The van der Waals surface area contributed by atoms with Gasteiger partial charge < -0.3 is 19.4 Å². The average molecular weight is 399 g/mol. The molecule has 1 atom stereocenters. The number of hydrogen-bond acceptors (Lipinski definition) is 4. The predicted octanol–water partition coefficient (Wildman–Crippen LogP) is 3.40. The van der Waals surface area contributed by atoms with Gasteiger partial charge in [-0.15, -0.1) is 0 Å². The van der Waals surface area contributed by atoms with Crippen molar-refractivity contribution >= 4 is 17.9 Å². The molecule has 7 heteroatoms. The SMILES string of the molecule is C[N+](C)(C)CC(CC(=O)O)OC(=O)/C=C/C=C/CCCCCCCCC(=O)O. The van der Waals surface area contributed by atoms with Crippen molar-refractivity contribution in [2.75, 3.05) is 27.7 Å². The number of nitrogens with zero attached hydrogens (tertiary/aromatic N) is 1. The second-order valence-corrected chi connectivity index (χ2v) is 7.97. The zero-order valence-electron chi connectivity index (χ0n) is 17.4. The molecule has 0 rings (SSSR count). The fraction of sp³-hybridized carbons (Fsp3) is 0.667. The molecule has 0 bridgehead atoms. The van der Waals surface area contributed by atoms with Crippen LogP contribution >= 0.6 is 0 Å². The standard InChI is InChI=1S/C21H35NO6/c1-22(2,3)17-18(16-20(25)26)28-21(27)15-13-11-9-7-5-4-6-8-10-12-14-19(23)24/h9,11,13,15,18H,4-8,10,12,14,16-17H2,1-3H3,(H-,23,24,25,26)/p+1/b11-9+,15-13+. The highest BCUT2D eigenvalue weighted by Gasteiger charge is 2.23. The Morgan fingerprint density at radius 1 is 0.893 bits per heavy atom. The second-order valence-electron chi connectivity index (χ2n) is 7.97. The van der Waals surface area contributed by atoms with Crippen molar-refractivity contribution in [3.05, 3.63) is 24.3 Å². The second kappa shape index (κ2) is 14.9. The molecule has 160 valence electrons. The van der Waals surface area contributed by atoms with Crippen molar-refractivity contribution in [1.29, 1.82) is 0 Å². The van der Waals surface area contributed by atoms with Gasteiger partial charge in [-0.05, 0) is 19.3 Å². The minimum Gasteiger partial charge on any atom is -0.481 e. The molecular formula is C21H36NO6+. The lowest BCUT2D eigenvalue weighted by Gasteiger charge is -2.28. The Balaban J connectivity index is 3.95. The van der Waals surface area contributed by atoms with Gasteiger partial charge >= 0.3 is 17.9 Å². The number of carbonyl (C=O) groups is 3. The number of carboxylic acid groups (broad SMARTS) is 2. The van der Waals surface area contributed by atoms with Crippen molar-refractivity contribution in [3.8, 4) is 0 Å². The van der Waals surface area contributed by atoms with E-state index < -0.39 is 24.0 Å². The monoisotopic (exact) mass is 398 g/mol. The third-order valence-corrected chi connectivity index (χ3v) is 3.93. The van der Waals surface area contributed by atoms with Crippen LogP contribution in [0.3, 0.4) is 0 Å². The first-order chi connectivity index (χ1) is 13.1. The van der Waals surface area contributed by atoms with Crippen molar-refractivity contribution in [1.82, 2.24) is 0 Å². The summed E-state index contributed by atoms with van der Waals surface area (Å²) in [6.45, 7) is 0.429. The van der Waals surface area contributed by atoms with E-state index in [0.717, 1.165) is 44.9 Å². The molecule has 0 amide bonds. The molecule has 0 spiro atoms. The van der Waals surface area contributed by atoms with Crippen molar-refractivity contribution < 1.29 is 33.8 Å². The molecule has 0 aromatic rings. The molecule has 0 aromatic carbocycles. The lowest BCUT2D eigenvalue weighted by molar-refractivity contribution is -0.873. The topological polar surface area (TPSA) is 101 Å². The van der Waals surface area contributed by atoms with E-state index in [1.807, 2.05) is 27.2 Å². The molecule has 0 aliphatic carbocycles. The lowest BCUT2D eigenvalue weighted by atomic mass is 10.1. The van der Waals surface area contributed by atoms with Gasteiger partial charge in [-0.3, -0.25) is 9.59 Å². The van der Waals surface area contributed by atoms with E-state index in [4.69, 9.17) is 14.9 Å². The number of esters is 1. The molecule has 0 saturated heterocycles. The minimum absolute atomic E-state index is 0.207. The lowest BCUT2D eigenvalue weighted by Crippen LogP contribution is -2.43. The minimum atomic E-state index is -0.989. The van der Waals surface area contributed by atoms with Crippen molar-refractivity contribution in [3.63, 3.8) is 0 Å². The number of hydrogen-bond donors (Lipinski definition) is 2. The van der Waals surface area contributed by atoms with Gasteiger partial charge in [-0.1, -0.05) is 43.9 Å². The summed E-state index contributed by atoms with van der Waals surface area (Å²) >= 11 is 0. The van der Waals surface area contributed by atoms with Crippen LogP contribution in [0.25, 0.3) is 0 Å². The highest BCUT2D eigenvalue weighted by atomic mass is 16.5. The molecule has 7 nitrogen and oxygen atoms in total. The van der Waals surface area contributed by atoms with Gasteiger partial charge in [0.2, 0.25) is 0 Å². The average Bonchev–Trinajstić information content (AvgIpc) is 2.53. The van der Waals surface area contributed by atoms with Crippen LogP contribution in [0.15, 0.2) is 24.3 Å². The summed E-state index contributed by atoms with van der Waals surface area (Å²) in [6.07, 6.45) is 13.0. The summed E-state index contributed by atoms with van der Waals surface area (Å²) < 4.78 is 5.76. The maximum Gasteiger partial charge on any atom is 0.331 e. The number of quaternary nitrogens is 1. The van der Waals surface area contributed by atoms with Crippen LogP contribution in [0.4, 0.5) is 0 Å². The smallest absolute Gasteiger partial charge is 0.331 e. The Labute approximate surface area is 168 Å². The van der Waals surface area contributed by atoms with Gasteiger partial charge in [-0.2, -0.15) is 0 Å². The normalized spacial score (nSPS) is 13.1. The zero-order chi connectivity index (χ0) is 21.4. The van der Waals surface area contributed by atoms with Crippen LogP contribution in [0.5, 0.6) is 0 Å². The molecule has 0 saturated carbocycles. The fourth-order valence-electron chi connectivity index (χ4n) is 2.71. The zero-order valence-corrected chi connectivity index (χ0v) is 17.4. The Morgan fingerprint density at radius 3 is 2.07 bits per heavy atom. The van der Waals surface area contributed by atoms with Gasteiger partial charge in [0.25, 0.3) is 0 Å². The Kier molecular flexibility index (Phi) is 13.7. The van der Waals surface area contributed by atoms with E-state index in [1.165, 1.54) is 6.08 Å². The maximum atomic E-state index is 11.8. The van der Waals surface area contributed by atoms with E-state index in [0.29, 0.717) is 11.0 Å². The van der Waals surface area contributed by atoms with E-state index >= 15 is 0 Å². The van der Waals surface area contributed by atoms with Gasteiger partial charge in [-0.25, -0.2) is 4.79 Å². The summed E-state index contributed by atoms with van der Waals surface area (Å²) in [5.74, 6) is -2.25. The number of ether oxygens (including phenoxy) is 1. The Morgan fingerprint density at radius 2 is 1.50 bits per heavy atom. The third kappa shape index (κ3) is 18.6. The van der Waals surface area contributed by atoms with Gasteiger partial charge in [0, 0.05) is 12.5 Å². The first-order valence-electron chi connectivity index (χ1n) is 9.88. The molecule has 0 fully saturated rings. The van der Waals surface area contributed by atoms with Crippen LogP contribution in [0, 0.1) is 0 Å². The number of likely N-dealkylation sites (N-methyl/N-ethyl adjacent to an activating group) is 1. The maximum absolute atomic E-state index is 11.8. The number of rotatable bonds is 16. The van der Waals surface area contributed by atoms with Crippen LogP contribution in [0.1, 0.15) is 57.8 Å². The van der Waals surface area contributed by atoms with Crippen LogP contribution in [0.2, 0.25) is 0 Å². The predicted molar refractivity (Wildman–Crippen MR) is 108 cm³/mol. The molecule has 28 heavy (non-hydrogen) atoms. The summed E-state index contributed by atoms with van der Waals surface area (Å²) in [7, 11) is 5.74. The first-order valence-corrected chi connectivity index (χ1v) is 9.88. The molecule has 2 N–H and O–H groups in total. The quantitative estimate of drug-likeness (QED) is 0.136. The molecule has 0 aliphatic rings. The van der Waals surface area contributed by atoms with E-state index in [2.05, 4.69) is 0 Å². The van der Waals surface area contributed by atoms with E-state index in [9.17, 15) is 14.4 Å². The van der Waals surface area contributed by atoms with Crippen LogP contribution < -0.4 is 0 Å². The number of allylic oxidation sites excluding steroid dienone is 3. The van der Waals surface area contributed by atoms with Gasteiger partial charge in [0.15, 0.2) is 6.10 Å². The first kappa shape index (κ1) is 25.9. The van der Waals surface area contributed by atoms with E-state index in [1.54, 1.807) is 12.2 Å². The van der Waals surface area contributed by atoms with Gasteiger partial charge in [0.1, 0.15) is 6.54 Å². The summed E-state index contributed by atoms with van der Waals surface area (Å²) in [5.41, 5.74) is 0. The number of aliphatic carboxylic acids is 2. The molecule has 0 radical (unpaired) electrons. The third-order valence-electron chi connectivity index (χ3n) is 3.93. The Bertz CT molecular complexity index is 534. The number of unbranched alkanes of at least 4 members (excludes halogenated alkanes) is 6. The Hall–Kier alpha value is -2.15. The molecule has 0 aliphatic heterocycles. The number of carboxylic acids is 2. The summed E-state index contributed by atoms with van der Waals surface area (Å²) in [6, 6.07) is 0. The molecule has 0 aromatic heterocycles. The van der Waals surface area contributed by atoms with Crippen LogP contribution in [-0.2, 0) is 19.1 Å². The highest BCUT2D eigenvalue weighted by molar-refractivity contribution is 5.82. The highest BCUT2D eigenvalue weighted by Crippen LogP contribution is 2.09. The summed E-state index contributed by atoms with van der Waals surface area (Å²) in [4.78, 5) is 33.1. The molecule has 1 unspecified atom stereocenters. The van der Waals surface area contributed by atoms with Crippen molar-refractivity contribution in [2.24, 2.45) is 0 Å². The molecular weight excluding hydrogens is 362 g/mol. The number of carbonyl (C=O) groups excluding carboxylic acids is 1.